The Morgan fingerprint density at radius 3 is 2.85 bits per heavy atom. The van der Waals surface area contributed by atoms with Crippen LogP contribution in [0, 0.1) is 16.6 Å². The lowest BCUT2D eigenvalue weighted by Crippen LogP contribution is -2.35. The van der Waals surface area contributed by atoms with Crippen LogP contribution in [-0.4, -0.2) is 30.1 Å². The second-order valence-corrected chi connectivity index (χ2v) is 9.24. The van der Waals surface area contributed by atoms with Gasteiger partial charge in [-0.15, -0.1) is 0 Å². The minimum Gasteiger partial charge on any atom is -0.462 e. The molecular weight excluding hydrogens is 343 g/mol. The third-order valence-corrected chi connectivity index (χ3v) is 6.00. The summed E-state index contributed by atoms with van der Waals surface area (Å²) in [5, 5.41) is 0.689. The van der Waals surface area contributed by atoms with Gasteiger partial charge in [0.1, 0.15) is 11.4 Å². The summed E-state index contributed by atoms with van der Waals surface area (Å²) in [5.41, 5.74) is 2.37. The van der Waals surface area contributed by atoms with Gasteiger partial charge in [0, 0.05) is 24.2 Å². The van der Waals surface area contributed by atoms with Crippen molar-refractivity contribution < 1.29 is 13.9 Å². The van der Waals surface area contributed by atoms with E-state index in [1.807, 2.05) is 0 Å². The predicted molar refractivity (Wildman–Crippen MR) is 105 cm³/mol. The lowest BCUT2D eigenvalue weighted by atomic mass is 9.65. The number of anilines is 1. The zero-order valence-electron chi connectivity index (χ0n) is 16.5. The number of ether oxygens (including phenoxy) is 1. The number of aromatic nitrogens is 1. The number of benzene rings is 1. The van der Waals surface area contributed by atoms with Crippen molar-refractivity contribution in [2.75, 3.05) is 18.1 Å². The fraction of sp³-hybridized carbons (Fsp3) is 0.545. The highest BCUT2D eigenvalue weighted by molar-refractivity contribution is 6.05. The molecule has 1 aromatic heterocycles. The van der Waals surface area contributed by atoms with E-state index in [1.165, 1.54) is 12.1 Å². The Bertz CT molecular complexity index is 911. The Morgan fingerprint density at radius 1 is 1.33 bits per heavy atom. The first-order valence-electron chi connectivity index (χ1n) is 9.73. The van der Waals surface area contributed by atoms with Crippen LogP contribution in [0.4, 0.5) is 10.1 Å². The predicted octanol–water partition coefficient (Wildman–Crippen LogP) is 4.96. The summed E-state index contributed by atoms with van der Waals surface area (Å²) in [6.45, 7) is 9.92. The van der Waals surface area contributed by atoms with Crippen molar-refractivity contribution in [3.8, 4) is 0 Å². The van der Waals surface area contributed by atoms with E-state index >= 15 is 0 Å². The molecule has 0 spiro atoms. The number of carbonyl (C=O) groups is 1. The van der Waals surface area contributed by atoms with Crippen LogP contribution in [0.15, 0.2) is 24.4 Å². The van der Waals surface area contributed by atoms with Gasteiger partial charge in [0.2, 0.25) is 0 Å². The van der Waals surface area contributed by atoms with Crippen LogP contribution < -0.4 is 4.90 Å². The topological polar surface area (TPSA) is 42.4 Å². The molecule has 4 nitrogen and oxygen atoms in total. The molecule has 1 aromatic carbocycles. The zero-order valence-corrected chi connectivity index (χ0v) is 16.5. The minimum absolute atomic E-state index is 0.196. The van der Waals surface area contributed by atoms with Crippen molar-refractivity contribution in [1.29, 1.82) is 0 Å². The van der Waals surface area contributed by atoms with Gasteiger partial charge in [-0.05, 0) is 55.2 Å². The van der Waals surface area contributed by atoms with Gasteiger partial charge in [0.15, 0.2) is 0 Å². The van der Waals surface area contributed by atoms with E-state index in [0.717, 1.165) is 31.5 Å². The zero-order chi connectivity index (χ0) is 19.4. The van der Waals surface area contributed by atoms with Crippen LogP contribution >= 0.6 is 0 Å². The Labute approximate surface area is 159 Å². The highest BCUT2D eigenvalue weighted by Gasteiger charge is 2.50. The molecule has 2 heterocycles. The van der Waals surface area contributed by atoms with Crippen LogP contribution in [0.2, 0.25) is 0 Å². The lowest BCUT2D eigenvalue weighted by molar-refractivity contribution is 0.0526. The van der Waals surface area contributed by atoms with Gasteiger partial charge in [0.25, 0.3) is 0 Å². The molecule has 2 atom stereocenters. The fourth-order valence-corrected chi connectivity index (χ4v) is 5.54. The van der Waals surface area contributed by atoms with Gasteiger partial charge in [-0.1, -0.05) is 20.8 Å². The lowest BCUT2D eigenvalue weighted by Gasteiger charge is -2.39. The molecule has 1 saturated heterocycles. The molecule has 0 N–H and O–H groups in total. The highest BCUT2D eigenvalue weighted by Crippen LogP contribution is 2.54. The number of nitrogens with zero attached hydrogens (tertiary/aromatic N) is 2. The number of rotatable bonds is 3. The Hall–Kier alpha value is -2.17. The standard InChI is InChI=1S/C22H27FN2O2/c1-5-27-20(26)17-11-24-18-7-6-14(23)8-16(18)19(17)25-13-22(4)10-15(25)9-21(2,3)12-22/h6-8,11,15H,5,9-10,12-13H2,1-4H3/t15-,22-/m1/s1. The molecule has 1 aliphatic carbocycles. The largest absolute Gasteiger partial charge is 0.462 e. The molecule has 2 fully saturated rings. The molecule has 0 unspecified atom stereocenters. The summed E-state index contributed by atoms with van der Waals surface area (Å²) in [7, 11) is 0. The van der Waals surface area contributed by atoms with E-state index < -0.39 is 5.97 Å². The van der Waals surface area contributed by atoms with Crippen molar-refractivity contribution in [2.24, 2.45) is 10.8 Å². The molecule has 0 amide bonds. The van der Waals surface area contributed by atoms with E-state index in [-0.39, 0.29) is 16.6 Å². The van der Waals surface area contributed by atoms with Crippen LogP contribution in [0.5, 0.6) is 0 Å². The Kier molecular flexibility index (Phi) is 4.17. The first kappa shape index (κ1) is 18.2. The van der Waals surface area contributed by atoms with Crippen molar-refractivity contribution in [3.63, 3.8) is 0 Å². The summed E-state index contributed by atoms with van der Waals surface area (Å²) >= 11 is 0. The second-order valence-electron chi connectivity index (χ2n) is 9.24. The summed E-state index contributed by atoms with van der Waals surface area (Å²) < 4.78 is 19.4. The molecule has 0 radical (unpaired) electrons. The molecule has 2 aromatic rings. The van der Waals surface area contributed by atoms with E-state index in [4.69, 9.17) is 4.74 Å². The molecule has 5 heteroatoms. The van der Waals surface area contributed by atoms with Gasteiger partial charge in [-0.25, -0.2) is 9.18 Å². The summed E-state index contributed by atoms with van der Waals surface area (Å²) in [6, 6.07) is 4.92. The van der Waals surface area contributed by atoms with Crippen LogP contribution in [0.3, 0.4) is 0 Å². The number of hydrogen-bond donors (Lipinski definition) is 0. The van der Waals surface area contributed by atoms with E-state index in [9.17, 15) is 9.18 Å². The highest BCUT2D eigenvalue weighted by atomic mass is 19.1. The quantitative estimate of drug-likeness (QED) is 0.717. The summed E-state index contributed by atoms with van der Waals surface area (Å²) in [6.07, 6.45) is 4.89. The number of esters is 1. The molecular formula is C22H27FN2O2. The monoisotopic (exact) mass is 370 g/mol. The maximum Gasteiger partial charge on any atom is 0.341 e. The van der Waals surface area contributed by atoms with Gasteiger partial charge in [0.05, 0.1) is 17.8 Å². The van der Waals surface area contributed by atoms with Crippen molar-refractivity contribution in [3.05, 3.63) is 35.8 Å². The van der Waals surface area contributed by atoms with Crippen molar-refractivity contribution in [1.82, 2.24) is 4.98 Å². The number of carbonyl (C=O) groups excluding carboxylic acids is 1. The maximum atomic E-state index is 14.1. The number of hydrogen-bond acceptors (Lipinski definition) is 4. The van der Waals surface area contributed by atoms with Crippen LogP contribution in [0.1, 0.15) is 57.3 Å². The molecule has 27 heavy (non-hydrogen) atoms. The number of fused-ring (bicyclic) bond motifs is 3. The summed E-state index contributed by atoms with van der Waals surface area (Å²) in [5.74, 6) is -0.711. The van der Waals surface area contributed by atoms with Gasteiger partial charge in [-0.3, -0.25) is 4.98 Å². The molecule has 1 aliphatic heterocycles. The SMILES string of the molecule is CCOC(=O)c1cnc2ccc(F)cc2c1N1C[C@]2(C)C[C@H]1CC(C)(C)C2. The van der Waals surface area contributed by atoms with Gasteiger partial charge in [-0.2, -0.15) is 0 Å². The van der Waals surface area contributed by atoms with Crippen LogP contribution in [-0.2, 0) is 4.74 Å². The summed E-state index contributed by atoms with van der Waals surface area (Å²) in [4.78, 5) is 19.4. The van der Waals surface area contributed by atoms with Crippen molar-refractivity contribution in [2.45, 2.75) is 53.0 Å². The van der Waals surface area contributed by atoms with E-state index in [0.29, 0.717) is 29.1 Å². The molecule has 2 aliphatic rings. The maximum absolute atomic E-state index is 14.1. The van der Waals surface area contributed by atoms with Crippen LogP contribution in [0.25, 0.3) is 10.9 Å². The number of pyridine rings is 1. The fourth-order valence-electron chi connectivity index (χ4n) is 5.54. The Morgan fingerprint density at radius 2 is 2.11 bits per heavy atom. The average molecular weight is 370 g/mol. The molecule has 4 rings (SSSR count). The molecule has 2 bridgehead atoms. The first-order valence-corrected chi connectivity index (χ1v) is 9.73. The smallest absolute Gasteiger partial charge is 0.341 e. The van der Waals surface area contributed by atoms with Gasteiger partial charge < -0.3 is 9.64 Å². The average Bonchev–Trinajstić information content (AvgIpc) is 2.82. The number of halogens is 1. The minimum atomic E-state index is -0.392. The first-order chi connectivity index (χ1) is 12.7. The third-order valence-electron chi connectivity index (χ3n) is 6.00. The molecule has 144 valence electrons. The van der Waals surface area contributed by atoms with Gasteiger partial charge >= 0.3 is 5.97 Å². The van der Waals surface area contributed by atoms with E-state index in [2.05, 4.69) is 30.7 Å². The molecule has 1 saturated carbocycles. The van der Waals surface area contributed by atoms with Crippen molar-refractivity contribution >= 4 is 22.6 Å². The Balaban J connectivity index is 1.90. The second kappa shape index (κ2) is 6.18. The third kappa shape index (κ3) is 3.17. The normalized spacial score (nSPS) is 26.4. The van der Waals surface area contributed by atoms with E-state index in [1.54, 1.807) is 19.2 Å².